The Kier molecular flexibility index (Phi) is 8.02. The van der Waals surface area contributed by atoms with E-state index in [0.717, 1.165) is 26.9 Å². The Balaban J connectivity index is 1.54. The van der Waals surface area contributed by atoms with Gasteiger partial charge in [-0.3, -0.25) is 9.10 Å². The molecule has 0 saturated carbocycles. The van der Waals surface area contributed by atoms with E-state index in [-0.39, 0.29) is 4.90 Å². The minimum atomic E-state index is -4.04. The average molecular weight is 555 g/mol. The highest BCUT2D eigenvalue weighted by Gasteiger charge is 2.27. The number of nitrogens with zero attached hydrogens (tertiary/aromatic N) is 3. The first kappa shape index (κ1) is 26.5. The molecule has 4 aromatic rings. The van der Waals surface area contributed by atoms with Crippen LogP contribution in [0.4, 0.5) is 5.69 Å². The van der Waals surface area contributed by atoms with Crippen molar-refractivity contribution in [1.82, 2.24) is 9.99 Å². The number of rotatable bonds is 8. The van der Waals surface area contributed by atoms with Crippen molar-refractivity contribution < 1.29 is 13.2 Å². The molecule has 1 aromatic heterocycles. The van der Waals surface area contributed by atoms with E-state index in [4.69, 9.17) is 23.2 Å². The lowest BCUT2D eigenvalue weighted by molar-refractivity contribution is -0.119. The van der Waals surface area contributed by atoms with E-state index in [0.29, 0.717) is 15.7 Å². The van der Waals surface area contributed by atoms with Crippen molar-refractivity contribution in [2.45, 2.75) is 18.7 Å². The molecule has 0 spiro atoms. The van der Waals surface area contributed by atoms with Crippen LogP contribution in [0, 0.1) is 13.8 Å². The van der Waals surface area contributed by atoms with Gasteiger partial charge in [0.1, 0.15) is 6.54 Å². The topological polar surface area (TPSA) is 83.8 Å². The summed E-state index contributed by atoms with van der Waals surface area (Å²) in [5.74, 6) is -0.599. The zero-order chi connectivity index (χ0) is 26.6. The number of sulfonamides is 1. The van der Waals surface area contributed by atoms with Gasteiger partial charge in [0, 0.05) is 22.0 Å². The molecule has 190 valence electrons. The lowest BCUT2D eigenvalue weighted by Crippen LogP contribution is -2.39. The third-order valence-corrected chi connectivity index (χ3v) is 8.05. The van der Waals surface area contributed by atoms with Crippen molar-refractivity contribution >= 4 is 51.0 Å². The van der Waals surface area contributed by atoms with E-state index in [1.165, 1.54) is 30.5 Å². The van der Waals surface area contributed by atoms with Gasteiger partial charge < -0.3 is 4.57 Å². The Hall–Kier alpha value is -3.59. The number of amides is 1. The second-order valence-corrected chi connectivity index (χ2v) is 10.9. The minimum absolute atomic E-state index is 0.0177. The molecule has 4 rings (SSSR count). The number of hydrogen-bond donors (Lipinski definition) is 1. The van der Waals surface area contributed by atoms with Gasteiger partial charge in [-0.25, -0.2) is 13.8 Å². The van der Waals surface area contributed by atoms with Crippen molar-refractivity contribution in [3.8, 4) is 5.69 Å². The monoisotopic (exact) mass is 554 g/mol. The van der Waals surface area contributed by atoms with E-state index in [9.17, 15) is 13.2 Å². The maximum absolute atomic E-state index is 13.4. The van der Waals surface area contributed by atoms with Gasteiger partial charge in [-0.15, -0.1) is 0 Å². The Morgan fingerprint density at radius 1 is 0.973 bits per heavy atom. The summed E-state index contributed by atoms with van der Waals surface area (Å²) >= 11 is 12.3. The number of hydrogen-bond acceptors (Lipinski definition) is 4. The number of halogens is 2. The molecular formula is C27H24Cl2N4O3S. The molecule has 0 atom stereocenters. The van der Waals surface area contributed by atoms with E-state index < -0.39 is 22.5 Å². The summed E-state index contributed by atoms with van der Waals surface area (Å²) in [5.41, 5.74) is 6.25. The standard InChI is InChI=1S/C27H24Cl2N4O3S/c1-19-16-21(20(2)33(19)26-11-7-6-10-25(26)29)17-30-31-27(34)18-32(23-8-4-3-5-9-23)37(35,36)24-14-12-22(28)13-15-24/h3-17H,18H2,1-2H3,(H,31,34)/b30-17-. The number of carbonyl (C=O) groups excluding carboxylic acids is 1. The van der Waals surface area contributed by atoms with E-state index in [1.807, 2.05) is 48.7 Å². The number of aryl methyl sites for hydroxylation is 1. The van der Waals surface area contributed by atoms with Crippen molar-refractivity contribution in [2.75, 3.05) is 10.8 Å². The van der Waals surface area contributed by atoms with Gasteiger partial charge in [-0.05, 0) is 68.4 Å². The van der Waals surface area contributed by atoms with Gasteiger partial charge in [-0.1, -0.05) is 53.5 Å². The number of anilines is 1. The van der Waals surface area contributed by atoms with Crippen molar-refractivity contribution in [1.29, 1.82) is 0 Å². The van der Waals surface area contributed by atoms with Crippen molar-refractivity contribution in [3.63, 3.8) is 0 Å². The highest BCUT2D eigenvalue weighted by molar-refractivity contribution is 7.92. The molecule has 0 aliphatic carbocycles. The summed E-state index contributed by atoms with van der Waals surface area (Å²) in [6.45, 7) is 3.41. The predicted octanol–water partition coefficient (Wildman–Crippen LogP) is 5.75. The summed E-state index contributed by atoms with van der Waals surface area (Å²) in [7, 11) is -4.04. The Bertz CT molecular complexity index is 1550. The molecule has 7 nitrogen and oxygen atoms in total. The summed E-state index contributed by atoms with van der Waals surface area (Å²) in [6.07, 6.45) is 1.52. The number of nitrogens with one attached hydrogen (secondary N) is 1. The van der Waals surface area contributed by atoms with Crippen molar-refractivity contribution in [2.24, 2.45) is 5.10 Å². The lowest BCUT2D eigenvalue weighted by atomic mass is 10.2. The molecule has 1 N–H and O–H groups in total. The van der Waals surface area contributed by atoms with Crippen LogP contribution in [0.2, 0.25) is 10.0 Å². The van der Waals surface area contributed by atoms with Gasteiger partial charge >= 0.3 is 0 Å². The molecule has 1 heterocycles. The molecule has 0 aliphatic rings. The molecule has 0 saturated heterocycles. The fourth-order valence-corrected chi connectivity index (χ4v) is 5.67. The first-order valence-corrected chi connectivity index (χ1v) is 13.5. The van der Waals surface area contributed by atoms with Crippen LogP contribution in [-0.2, 0) is 14.8 Å². The van der Waals surface area contributed by atoms with E-state index in [1.54, 1.807) is 30.3 Å². The SMILES string of the molecule is Cc1cc(/C=N\NC(=O)CN(c2ccccc2)S(=O)(=O)c2ccc(Cl)cc2)c(C)n1-c1ccccc1Cl. The van der Waals surface area contributed by atoms with E-state index >= 15 is 0 Å². The fourth-order valence-electron chi connectivity index (χ4n) is 3.90. The summed E-state index contributed by atoms with van der Waals surface area (Å²) in [5, 5.41) is 5.10. The second-order valence-electron chi connectivity index (χ2n) is 8.21. The Morgan fingerprint density at radius 2 is 1.62 bits per heavy atom. The maximum Gasteiger partial charge on any atom is 0.264 e. The smallest absolute Gasteiger partial charge is 0.264 e. The van der Waals surface area contributed by atoms with Crippen LogP contribution in [0.15, 0.2) is 94.9 Å². The third kappa shape index (κ3) is 5.88. The molecule has 3 aromatic carbocycles. The molecule has 1 amide bonds. The first-order chi connectivity index (χ1) is 17.7. The summed E-state index contributed by atoms with van der Waals surface area (Å²) in [4.78, 5) is 12.8. The zero-order valence-electron chi connectivity index (χ0n) is 20.1. The quantitative estimate of drug-likeness (QED) is 0.222. The Labute approximate surface area is 226 Å². The Morgan fingerprint density at radius 3 is 2.30 bits per heavy atom. The molecule has 0 aliphatic heterocycles. The first-order valence-electron chi connectivity index (χ1n) is 11.3. The van der Waals surface area contributed by atoms with Gasteiger partial charge in [0.25, 0.3) is 15.9 Å². The average Bonchev–Trinajstić information content (AvgIpc) is 3.16. The number of benzene rings is 3. The molecular weight excluding hydrogens is 531 g/mol. The predicted molar refractivity (Wildman–Crippen MR) is 148 cm³/mol. The van der Waals surface area contributed by atoms with Crippen LogP contribution in [0.5, 0.6) is 0 Å². The van der Waals surface area contributed by atoms with Gasteiger partial charge in [0.15, 0.2) is 0 Å². The minimum Gasteiger partial charge on any atom is -0.316 e. The lowest BCUT2D eigenvalue weighted by Gasteiger charge is -2.23. The van der Waals surface area contributed by atoms with Gasteiger partial charge in [-0.2, -0.15) is 5.10 Å². The van der Waals surface area contributed by atoms with Crippen LogP contribution in [0.25, 0.3) is 5.69 Å². The fraction of sp³-hybridized carbons (Fsp3) is 0.111. The molecule has 0 fully saturated rings. The highest BCUT2D eigenvalue weighted by atomic mass is 35.5. The van der Waals surface area contributed by atoms with E-state index in [2.05, 4.69) is 10.5 Å². The van der Waals surface area contributed by atoms with Gasteiger partial charge in [0.2, 0.25) is 0 Å². The number of carbonyl (C=O) groups is 1. The number of hydrazone groups is 1. The third-order valence-electron chi connectivity index (χ3n) is 5.69. The zero-order valence-corrected chi connectivity index (χ0v) is 22.4. The molecule has 0 bridgehead atoms. The maximum atomic E-state index is 13.4. The molecule has 0 unspecified atom stereocenters. The van der Waals surface area contributed by atoms with Crippen LogP contribution >= 0.6 is 23.2 Å². The van der Waals surface area contributed by atoms with Crippen LogP contribution < -0.4 is 9.73 Å². The molecule has 37 heavy (non-hydrogen) atoms. The van der Waals surface area contributed by atoms with Crippen LogP contribution in [0.1, 0.15) is 17.0 Å². The number of aromatic nitrogens is 1. The molecule has 0 radical (unpaired) electrons. The van der Waals surface area contributed by atoms with Gasteiger partial charge in [0.05, 0.1) is 27.5 Å². The largest absolute Gasteiger partial charge is 0.316 e. The van der Waals surface area contributed by atoms with Crippen LogP contribution in [0.3, 0.4) is 0 Å². The number of para-hydroxylation sites is 2. The molecule has 10 heteroatoms. The highest BCUT2D eigenvalue weighted by Crippen LogP contribution is 2.26. The summed E-state index contributed by atoms with van der Waals surface area (Å²) < 4.78 is 29.8. The normalized spacial score (nSPS) is 11.6. The second kappa shape index (κ2) is 11.2. The van der Waals surface area contributed by atoms with Crippen LogP contribution in [-0.4, -0.2) is 31.7 Å². The summed E-state index contributed by atoms with van der Waals surface area (Å²) in [6, 6.07) is 23.6. The van der Waals surface area contributed by atoms with Crippen molar-refractivity contribution in [3.05, 3.63) is 112 Å².